The summed E-state index contributed by atoms with van der Waals surface area (Å²) in [6, 6.07) is 0. The Balaban J connectivity index is 2.80. The first-order valence-electron chi connectivity index (χ1n) is 6.71. The average Bonchev–Trinajstić information content (AvgIpc) is 2.40. The lowest BCUT2D eigenvalue weighted by molar-refractivity contribution is -0.179. The zero-order valence-electron chi connectivity index (χ0n) is 11.7. The van der Waals surface area contributed by atoms with Gasteiger partial charge in [0.2, 0.25) is 5.78 Å². The van der Waals surface area contributed by atoms with E-state index in [0.29, 0.717) is 6.42 Å². The van der Waals surface area contributed by atoms with Crippen molar-refractivity contribution in [1.29, 1.82) is 0 Å². The summed E-state index contributed by atoms with van der Waals surface area (Å²) < 4.78 is 42.3. The fraction of sp³-hybridized carbons (Fsp3) is 0.769. The maximum atomic E-state index is 12.4. The Kier molecular flexibility index (Phi) is 5.49. The van der Waals surface area contributed by atoms with Crippen molar-refractivity contribution in [1.82, 2.24) is 0 Å². The molecule has 1 aliphatic carbocycles. The smallest absolute Gasteiger partial charge is 0.450 e. The molecule has 2 N–H and O–H groups in total. The van der Waals surface area contributed by atoms with E-state index in [4.69, 9.17) is 10.5 Å². The summed E-state index contributed by atoms with van der Waals surface area (Å²) in [5.41, 5.74) is 4.06. The monoisotopic (exact) mass is 309 g/mol. The van der Waals surface area contributed by atoms with Crippen molar-refractivity contribution in [3.8, 4) is 0 Å². The maximum absolute atomic E-state index is 12.4. The first kappa shape index (κ1) is 17.6. The van der Waals surface area contributed by atoms with Crippen LogP contribution in [0.3, 0.4) is 0 Å². The van der Waals surface area contributed by atoms with E-state index in [1.54, 1.807) is 0 Å². The van der Waals surface area contributed by atoms with E-state index >= 15 is 0 Å². The van der Waals surface area contributed by atoms with Gasteiger partial charge in [-0.25, -0.2) is 0 Å². The van der Waals surface area contributed by atoms with Crippen molar-refractivity contribution < 1.29 is 32.3 Å². The van der Waals surface area contributed by atoms with Crippen LogP contribution in [0.4, 0.5) is 13.2 Å². The lowest BCUT2D eigenvalue weighted by Crippen LogP contribution is -2.56. The zero-order chi connectivity index (χ0) is 16.3. The van der Waals surface area contributed by atoms with Gasteiger partial charge in [-0.1, -0.05) is 13.3 Å². The minimum absolute atomic E-state index is 0.111. The lowest BCUT2D eigenvalue weighted by Gasteiger charge is -2.34. The van der Waals surface area contributed by atoms with E-state index in [-0.39, 0.29) is 19.4 Å². The molecule has 120 valence electrons. The third-order valence-electron chi connectivity index (χ3n) is 3.51. The number of hydrogen-bond donors (Lipinski definition) is 1. The molecule has 0 radical (unpaired) electrons. The largest absolute Gasteiger partial charge is 0.464 e. The number of ketones is 2. The number of halogens is 3. The highest BCUT2D eigenvalue weighted by Gasteiger charge is 2.52. The molecule has 1 saturated carbocycles. The summed E-state index contributed by atoms with van der Waals surface area (Å²) in [7, 11) is 0. The van der Waals surface area contributed by atoms with E-state index in [1.807, 2.05) is 6.92 Å². The van der Waals surface area contributed by atoms with Crippen LogP contribution in [0.2, 0.25) is 0 Å². The minimum Gasteiger partial charge on any atom is -0.464 e. The van der Waals surface area contributed by atoms with Gasteiger partial charge in [-0.3, -0.25) is 14.4 Å². The van der Waals surface area contributed by atoms with Crippen LogP contribution >= 0.6 is 0 Å². The maximum Gasteiger partial charge on any atom is 0.450 e. The average molecular weight is 309 g/mol. The standard InChI is InChI=1S/C13H18F3NO4/c1-2-3-6-21-11(20)12(17)5-4-9(18)8(7-12)10(19)13(14,15)16/h8H,2-7,17H2,1H3. The van der Waals surface area contributed by atoms with Gasteiger partial charge in [-0.2, -0.15) is 13.2 Å². The minimum atomic E-state index is -5.12. The fourth-order valence-electron chi connectivity index (χ4n) is 2.18. The highest BCUT2D eigenvalue weighted by molar-refractivity contribution is 6.06. The Bertz CT molecular complexity index is 436. The molecule has 0 aromatic heterocycles. The Morgan fingerprint density at radius 1 is 1.43 bits per heavy atom. The molecular formula is C13H18F3NO4. The van der Waals surface area contributed by atoms with Crippen LogP contribution in [0, 0.1) is 5.92 Å². The van der Waals surface area contributed by atoms with E-state index in [1.165, 1.54) is 0 Å². The van der Waals surface area contributed by atoms with Gasteiger partial charge < -0.3 is 10.5 Å². The van der Waals surface area contributed by atoms with Crippen molar-refractivity contribution in [2.24, 2.45) is 11.7 Å². The number of nitrogens with two attached hydrogens (primary N) is 1. The number of Topliss-reactive ketones (excluding diaryl/α,β-unsaturated/α-hetero) is 2. The highest BCUT2D eigenvalue weighted by Crippen LogP contribution is 2.34. The molecule has 0 bridgehead atoms. The first-order valence-corrected chi connectivity index (χ1v) is 6.71. The van der Waals surface area contributed by atoms with E-state index in [2.05, 4.69) is 0 Å². The summed E-state index contributed by atoms with van der Waals surface area (Å²) in [5, 5.41) is 0. The van der Waals surface area contributed by atoms with Crippen LogP contribution in [-0.4, -0.2) is 35.9 Å². The molecule has 0 aromatic rings. The topological polar surface area (TPSA) is 86.5 Å². The Morgan fingerprint density at radius 3 is 2.57 bits per heavy atom. The van der Waals surface area contributed by atoms with Crippen molar-refractivity contribution >= 4 is 17.5 Å². The number of alkyl halides is 3. The van der Waals surface area contributed by atoms with Gasteiger partial charge >= 0.3 is 12.1 Å². The van der Waals surface area contributed by atoms with Gasteiger partial charge in [-0.05, 0) is 19.3 Å². The number of carbonyl (C=O) groups excluding carboxylic acids is 3. The Labute approximate surface area is 120 Å². The fourth-order valence-corrected chi connectivity index (χ4v) is 2.18. The van der Waals surface area contributed by atoms with Gasteiger partial charge in [0, 0.05) is 6.42 Å². The molecular weight excluding hydrogens is 291 g/mol. The predicted octanol–water partition coefficient (Wildman–Crippen LogP) is 1.53. The molecule has 0 spiro atoms. The molecule has 1 fully saturated rings. The van der Waals surface area contributed by atoms with Crippen molar-refractivity contribution in [2.75, 3.05) is 6.61 Å². The molecule has 2 unspecified atom stereocenters. The van der Waals surface area contributed by atoms with E-state index in [0.717, 1.165) is 6.42 Å². The number of unbranched alkanes of at least 4 members (excludes halogenated alkanes) is 1. The second-order valence-corrected chi connectivity index (χ2v) is 5.23. The molecule has 1 aliphatic rings. The summed E-state index contributed by atoms with van der Waals surface area (Å²) in [4.78, 5) is 34.6. The molecule has 21 heavy (non-hydrogen) atoms. The number of hydrogen-bond acceptors (Lipinski definition) is 5. The van der Waals surface area contributed by atoms with Gasteiger partial charge in [0.25, 0.3) is 0 Å². The van der Waals surface area contributed by atoms with Gasteiger partial charge in [0.15, 0.2) is 0 Å². The number of carbonyl (C=O) groups is 3. The van der Waals surface area contributed by atoms with E-state index < -0.39 is 41.6 Å². The van der Waals surface area contributed by atoms with Crippen molar-refractivity contribution in [3.05, 3.63) is 0 Å². The molecule has 0 heterocycles. The second kappa shape index (κ2) is 6.55. The molecule has 0 saturated heterocycles. The highest BCUT2D eigenvalue weighted by atomic mass is 19.4. The quantitative estimate of drug-likeness (QED) is 0.473. The zero-order valence-corrected chi connectivity index (χ0v) is 11.7. The molecule has 0 aromatic carbocycles. The van der Waals surface area contributed by atoms with Crippen LogP contribution < -0.4 is 5.73 Å². The van der Waals surface area contributed by atoms with E-state index in [9.17, 15) is 27.6 Å². The molecule has 5 nitrogen and oxygen atoms in total. The first-order chi connectivity index (χ1) is 9.62. The molecule has 1 rings (SSSR count). The van der Waals surface area contributed by atoms with Crippen molar-refractivity contribution in [2.45, 2.75) is 50.7 Å². The van der Waals surface area contributed by atoms with Crippen LogP contribution in [-0.2, 0) is 19.1 Å². The number of rotatable bonds is 5. The summed E-state index contributed by atoms with van der Waals surface area (Å²) in [5.74, 6) is -5.76. The normalized spacial score (nSPS) is 26.5. The number of ether oxygens (including phenoxy) is 1. The second-order valence-electron chi connectivity index (χ2n) is 5.23. The lowest BCUT2D eigenvalue weighted by atomic mass is 9.73. The van der Waals surface area contributed by atoms with Crippen LogP contribution in [0.1, 0.15) is 39.0 Å². The van der Waals surface area contributed by atoms with Gasteiger partial charge in [0.05, 0.1) is 12.5 Å². The van der Waals surface area contributed by atoms with Gasteiger partial charge in [0.1, 0.15) is 11.3 Å². The SMILES string of the molecule is CCCCOC(=O)C1(N)CCC(=O)C(C(=O)C(F)(F)F)C1. The molecule has 0 amide bonds. The molecule has 2 atom stereocenters. The van der Waals surface area contributed by atoms with Gasteiger partial charge in [-0.15, -0.1) is 0 Å². The summed E-state index contributed by atoms with van der Waals surface area (Å²) >= 11 is 0. The third kappa shape index (κ3) is 4.26. The third-order valence-corrected chi connectivity index (χ3v) is 3.51. The molecule has 8 heteroatoms. The van der Waals surface area contributed by atoms with Crippen LogP contribution in [0.5, 0.6) is 0 Å². The van der Waals surface area contributed by atoms with Crippen molar-refractivity contribution in [3.63, 3.8) is 0 Å². The van der Waals surface area contributed by atoms with Crippen LogP contribution in [0.15, 0.2) is 0 Å². The predicted molar refractivity (Wildman–Crippen MR) is 66.2 cm³/mol. The summed E-state index contributed by atoms with van der Waals surface area (Å²) in [6.45, 7) is 1.99. The molecule has 0 aliphatic heterocycles. The van der Waals surface area contributed by atoms with Crippen LogP contribution in [0.25, 0.3) is 0 Å². The Hall–Kier alpha value is -1.44. The Morgan fingerprint density at radius 2 is 2.05 bits per heavy atom. The number of esters is 1. The summed E-state index contributed by atoms with van der Waals surface area (Å²) in [6.07, 6.45) is -4.85.